The third-order valence-electron chi connectivity index (χ3n) is 2.58. The van der Waals surface area contributed by atoms with E-state index in [-0.39, 0.29) is 0 Å². The van der Waals surface area contributed by atoms with Crippen LogP contribution in [0.25, 0.3) is 0 Å². The van der Waals surface area contributed by atoms with Gasteiger partial charge in [0.2, 0.25) is 0 Å². The average Bonchev–Trinajstić information content (AvgIpc) is 2.68. The Morgan fingerprint density at radius 1 is 1.19 bits per heavy atom. The van der Waals surface area contributed by atoms with Crippen molar-refractivity contribution in [2.45, 2.75) is 27.3 Å². The van der Waals surface area contributed by atoms with Gasteiger partial charge in [-0.3, -0.25) is 0 Å². The van der Waals surface area contributed by atoms with Crippen LogP contribution in [0.3, 0.4) is 0 Å². The highest BCUT2D eigenvalue weighted by atomic mass is 32.1. The maximum atomic E-state index is 4.26. The molecular formula is C13H16N2S. The Bertz CT molecular complexity index is 452. The Labute approximate surface area is 100 Å². The van der Waals surface area contributed by atoms with Crippen LogP contribution in [0.5, 0.6) is 0 Å². The van der Waals surface area contributed by atoms with E-state index < -0.39 is 0 Å². The van der Waals surface area contributed by atoms with Gasteiger partial charge in [0.05, 0.1) is 6.54 Å². The van der Waals surface area contributed by atoms with Crippen molar-refractivity contribution in [1.29, 1.82) is 0 Å². The molecule has 0 bridgehead atoms. The quantitative estimate of drug-likeness (QED) is 0.873. The molecule has 84 valence electrons. The molecule has 0 amide bonds. The molecule has 1 heterocycles. The number of thiazole rings is 1. The van der Waals surface area contributed by atoms with Crippen LogP contribution < -0.4 is 5.32 Å². The minimum atomic E-state index is 0.808. The summed E-state index contributed by atoms with van der Waals surface area (Å²) in [6, 6.07) is 4.41. The summed E-state index contributed by atoms with van der Waals surface area (Å²) in [6.07, 6.45) is 1.84. The highest BCUT2D eigenvalue weighted by molar-refractivity contribution is 7.09. The third kappa shape index (κ3) is 2.42. The number of hydrogen-bond acceptors (Lipinski definition) is 3. The summed E-state index contributed by atoms with van der Waals surface area (Å²) in [7, 11) is 0. The highest BCUT2D eigenvalue weighted by Crippen LogP contribution is 2.22. The van der Waals surface area contributed by atoms with Gasteiger partial charge >= 0.3 is 0 Å². The first-order valence-electron chi connectivity index (χ1n) is 5.37. The molecule has 0 unspecified atom stereocenters. The van der Waals surface area contributed by atoms with Crippen LogP contribution in [0.1, 0.15) is 21.7 Å². The Morgan fingerprint density at radius 3 is 2.44 bits per heavy atom. The van der Waals surface area contributed by atoms with E-state index in [1.165, 1.54) is 22.4 Å². The number of rotatable bonds is 3. The lowest BCUT2D eigenvalue weighted by Crippen LogP contribution is -2.02. The van der Waals surface area contributed by atoms with Gasteiger partial charge in [0.15, 0.2) is 0 Å². The molecule has 16 heavy (non-hydrogen) atoms. The van der Waals surface area contributed by atoms with E-state index in [0.29, 0.717) is 0 Å². The molecule has 0 saturated heterocycles. The van der Waals surface area contributed by atoms with Crippen LogP contribution in [-0.4, -0.2) is 4.98 Å². The number of nitrogens with zero attached hydrogens (tertiary/aromatic N) is 1. The minimum Gasteiger partial charge on any atom is -0.378 e. The second-order valence-electron chi connectivity index (χ2n) is 4.05. The first-order valence-corrected chi connectivity index (χ1v) is 6.25. The standard InChI is InChI=1S/C13H16N2S/c1-9-6-10(2)13(11(3)7-9)15-8-12-14-4-5-16-12/h4-7,15H,8H2,1-3H3. The number of benzene rings is 1. The van der Waals surface area contributed by atoms with E-state index in [1.54, 1.807) is 11.3 Å². The Hall–Kier alpha value is -1.35. The summed E-state index contributed by atoms with van der Waals surface area (Å²) in [5, 5.41) is 6.59. The summed E-state index contributed by atoms with van der Waals surface area (Å²) in [6.45, 7) is 7.22. The van der Waals surface area contributed by atoms with E-state index in [9.17, 15) is 0 Å². The zero-order valence-electron chi connectivity index (χ0n) is 9.87. The van der Waals surface area contributed by atoms with Gasteiger partial charge in [0.25, 0.3) is 0 Å². The lowest BCUT2D eigenvalue weighted by atomic mass is 10.1. The summed E-state index contributed by atoms with van der Waals surface area (Å²) in [5.41, 5.74) is 5.15. The number of anilines is 1. The lowest BCUT2D eigenvalue weighted by Gasteiger charge is -2.12. The van der Waals surface area contributed by atoms with Gasteiger partial charge in [0.1, 0.15) is 5.01 Å². The van der Waals surface area contributed by atoms with Crippen molar-refractivity contribution in [3.05, 3.63) is 45.4 Å². The van der Waals surface area contributed by atoms with Crippen molar-refractivity contribution in [3.8, 4) is 0 Å². The van der Waals surface area contributed by atoms with Crippen LogP contribution in [-0.2, 0) is 6.54 Å². The summed E-state index contributed by atoms with van der Waals surface area (Å²) < 4.78 is 0. The largest absolute Gasteiger partial charge is 0.378 e. The van der Waals surface area contributed by atoms with Gasteiger partial charge in [-0.05, 0) is 31.9 Å². The second kappa shape index (κ2) is 4.66. The Balaban J connectivity index is 2.15. The second-order valence-corrected chi connectivity index (χ2v) is 5.03. The molecule has 2 rings (SSSR count). The van der Waals surface area contributed by atoms with Crippen LogP contribution in [0, 0.1) is 20.8 Å². The first-order chi connectivity index (χ1) is 7.66. The van der Waals surface area contributed by atoms with Gasteiger partial charge in [-0.15, -0.1) is 11.3 Å². The maximum Gasteiger partial charge on any atom is 0.112 e. The fraction of sp³-hybridized carbons (Fsp3) is 0.308. The molecule has 0 atom stereocenters. The smallest absolute Gasteiger partial charge is 0.112 e. The normalized spacial score (nSPS) is 10.4. The van der Waals surface area contributed by atoms with Gasteiger partial charge in [-0.1, -0.05) is 17.7 Å². The lowest BCUT2D eigenvalue weighted by molar-refractivity contribution is 1.09. The number of aryl methyl sites for hydroxylation is 3. The molecule has 0 radical (unpaired) electrons. The highest BCUT2D eigenvalue weighted by Gasteiger charge is 2.03. The average molecular weight is 232 g/mol. The van der Waals surface area contributed by atoms with Gasteiger partial charge in [-0.25, -0.2) is 4.98 Å². The summed E-state index contributed by atoms with van der Waals surface area (Å²) >= 11 is 1.68. The minimum absolute atomic E-state index is 0.808. The van der Waals surface area contributed by atoms with Gasteiger partial charge < -0.3 is 5.32 Å². The topological polar surface area (TPSA) is 24.9 Å². The van der Waals surface area contributed by atoms with Crippen molar-refractivity contribution in [2.75, 3.05) is 5.32 Å². The monoisotopic (exact) mass is 232 g/mol. The zero-order valence-corrected chi connectivity index (χ0v) is 10.7. The van der Waals surface area contributed by atoms with E-state index in [1.807, 2.05) is 11.6 Å². The molecule has 3 heteroatoms. The predicted molar refractivity (Wildman–Crippen MR) is 70.1 cm³/mol. The summed E-state index contributed by atoms with van der Waals surface area (Å²) in [5.74, 6) is 0. The zero-order chi connectivity index (χ0) is 11.5. The Kier molecular flexibility index (Phi) is 3.25. The molecule has 0 fully saturated rings. The van der Waals surface area contributed by atoms with Crippen molar-refractivity contribution < 1.29 is 0 Å². The maximum absolute atomic E-state index is 4.26. The van der Waals surface area contributed by atoms with E-state index in [2.05, 4.69) is 43.2 Å². The Morgan fingerprint density at radius 2 is 1.88 bits per heavy atom. The molecule has 0 aliphatic heterocycles. The van der Waals surface area contributed by atoms with Gasteiger partial charge in [-0.2, -0.15) is 0 Å². The van der Waals surface area contributed by atoms with Crippen molar-refractivity contribution >= 4 is 17.0 Å². The number of aromatic nitrogens is 1. The van der Waals surface area contributed by atoms with E-state index in [4.69, 9.17) is 0 Å². The van der Waals surface area contributed by atoms with Crippen molar-refractivity contribution in [1.82, 2.24) is 4.98 Å². The third-order valence-corrected chi connectivity index (χ3v) is 3.36. The molecule has 1 aromatic heterocycles. The van der Waals surface area contributed by atoms with Crippen LogP contribution in [0.15, 0.2) is 23.7 Å². The molecule has 0 aliphatic carbocycles. The van der Waals surface area contributed by atoms with Crippen molar-refractivity contribution in [3.63, 3.8) is 0 Å². The number of hydrogen-bond donors (Lipinski definition) is 1. The molecule has 0 saturated carbocycles. The SMILES string of the molecule is Cc1cc(C)c(NCc2nccs2)c(C)c1. The number of nitrogens with one attached hydrogen (secondary N) is 1. The molecular weight excluding hydrogens is 216 g/mol. The predicted octanol–water partition coefficient (Wildman–Crippen LogP) is 3.68. The van der Waals surface area contributed by atoms with Gasteiger partial charge in [0, 0.05) is 17.3 Å². The van der Waals surface area contributed by atoms with E-state index in [0.717, 1.165) is 11.6 Å². The first kappa shape index (κ1) is 11.1. The molecule has 0 aliphatic rings. The fourth-order valence-corrected chi connectivity index (χ4v) is 2.52. The van der Waals surface area contributed by atoms with Crippen molar-refractivity contribution in [2.24, 2.45) is 0 Å². The van der Waals surface area contributed by atoms with Crippen LogP contribution >= 0.6 is 11.3 Å². The fourth-order valence-electron chi connectivity index (χ4n) is 1.96. The summed E-state index contributed by atoms with van der Waals surface area (Å²) in [4.78, 5) is 4.26. The molecule has 0 spiro atoms. The molecule has 1 N–H and O–H groups in total. The molecule has 2 nitrogen and oxygen atoms in total. The van der Waals surface area contributed by atoms with E-state index >= 15 is 0 Å². The molecule has 1 aromatic carbocycles. The molecule has 2 aromatic rings. The van der Waals surface area contributed by atoms with Crippen LogP contribution in [0.4, 0.5) is 5.69 Å². The van der Waals surface area contributed by atoms with Crippen LogP contribution in [0.2, 0.25) is 0 Å².